The summed E-state index contributed by atoms with van der Waals surface area (Å²) >= 11 is 6.08. The summed E-state index contributed by atoms with van der Waals surface area (Å²) in [6.07, 6.45) is 0.914. The second kappa shape index (κ2) is 8.62. The Kier molecular flexibility index (Phi) is 6.52. The summed E-state index contributed by atoms with van der Waals surface area (Å²) in [5.74, 6) is 0.591. The van der Waals surface area contributed by atoms with Crippen LogP contribution in [0.4, 0.5) is 4.79 Å². The fraction of sp³-hybridized carbons (Fsp3) is 0.500. The third-order valence-corrected chi connectivity index (χ3v) is 3.98. The lowest BCUT2D eigenvalue weighted by Crippen LogP contribution is -2.45. The van der Waals surface area contributed by atoms with Crippen LogP contribution >= 0.6 is 11.6 Å². The maximum absolute atomic E-state index is 12.2. The molecule has 23 heavy (non-hydrogen) atoms. The summed E-state index contributed by atoms with van der Waals surface area (Å²) in [4.78, 5) is 25.1. The molecule has 0 saturated carbocycles. The predicted molar refractivity (Wildman–Crippen MR) is 88.8 cm³/mol. The van der Waals surface area contributed by atoms with Gasteiger partial charge in [-0.1, -0.05) is 30.7 Å². The van der Waals surface area contributed by atoms with Crippen LogP contribution in [0, 0.1) is 0 Å². The molecule has 3 amide bonds. The van der Waals surface area contributed by atoms with Crippen molar-refractivity contribution in [2.24, 2.45) is 0 Å². The van der Waals surface area contributed by atoms with E-state index in [1.807, 2.05) is 19.1 Å². The number of hydrogen-bond donors (Lipinski definition) is 2. The Morgan fingerprint density at radius 2 is 2.22 bits per heavy atom. The Balaban J connectivity index is 1.83. The fourth-order valence-electron chi connectivity index (χ4n) is 2.27. The van der Waals surface area contributed by atoms with E-state index in [-0.39, 0.29) is 18.0 Å². The number of nitrogens with zero attached hydrogens (tertiary/aromatic N) is 1. The van der Waals surface area contributed by atoms with Crippen molar-refractivity contribution >= 4 is 23.5 Å². The molecule has 2 N–H and O–H groups in total. The molecule has 0 spiro atoms. The van der Waals surface area contributed by atoms with Crippen molar-refractivity contribution in [3.05, 3.63) is 29.3 Å². The Morgan fingerprint density at radius 3 is 2.96 bits per heavy atom. The number of carbonyl (C=O) groups is 2. The van der Waals surface area contributed by atoms with Gasteiger partial charge in [0.05, 0.1) is 11.6 Å². The number of rotatable bonds is 5. The Hall–Kier alpha value is -1.95. The number of para-hydroxylation sites is 1. The molecule has 1 fully saturated rings. The standard InChI is InChI=1S/C16H22ClN3O3/c1-2-12(23-14-6-4-3-5-13(14)17)11-19-16(22)20-9-7-15(21)18-8-10-20/h3-6,12H,2,7-11H2,1H3,(H,18,21)(H,19,22)/t12-/m1/s1. The minimum Gasteiger partial charge on any atom is -0.487 e. The van der Waals surface area contributed by atoms with E-state index in [1.54, 1.807) is 17.0 Å². The molecule has 1 atom stereocenters. The lowest BCUT2D eigenvalue weighted by Gasteiger charge is -2.23. The zero-order chi connectivity index (χ0) is 16.7. The van der Waals surface area contributed by atoms with E-state index in [2.05, 4.69) is 10.6 Å². The van der Waals surface area contributed by atoms with Crippen molar-refractivity contribution in [1.82, 2.24) is 15.5 Å². The van der Waals surface area contributed by atoms with E-state index < -0.39 is 0 Å². The number of hydrogen-bond acceptors (Lipinski definition) is 3. The second-order valence-corrected chi connectivity index (χ2v) is 5.76. The van der Waals surface area contributed by atoms with Crippen LogP contribution in [0.1, 0.15) is 19.8 Å². The van der Waals surface area contributed by atoms with Gasteiger partial charge in [0.1, 0.15) is 11.9 Å². The number of nitrogens with one attached hydrogen (secondary N) is 2. The summed E-state index contributed by atoms with van der Waals surface area (Å²) in [6, 6.07) is 7.09. The molecule has 0 bridgehead atoms. The summed E-state index contributed by atoms with van der Waals surface area (Å²) < 4.78 is 5.84. The molecular weight excluding hydrogens is 318 g/mol. The first-order valence-electron chi connectivity index (χ1n) is 7.80. The van der Waals surface area contributed by atoms with Gasteiger partial charge in [0.15, 0.2) is 0 Å². The molecule has 0 radical (unpaired) electrons. The van der Waals surface area contributed by atoms with Gasteiger partial charge in [-0.05, 0) is 18.6 Å². The van der Waals surface area contributed by atoms with Crippen molar-refractivity contribution < 1.29 is 14.3 Å². The average Bonchev–Trinajstić information content (AvgIpc) is 2.77. The zero-order valence-electron chi connectivity index (χ0n) is 13.2. The lowest BCUT2D eigenvalue weighted by molar-refractivity contribution is -0.120. The molecule has 1 aromatic rings. The Morgan fingerprint density at radius 1 is 1.43 bits per heavy atom. The summed E-state index contributed by atoms with van der Waals surface area (Å²) in [5.41, 5.74) is 0. The zero-order valence-corrected chi connectivity index (χ0v) is 13.9. The highest BCUT2D eigenvalue weighted by molar-refractivity contribution is 6.32. The van der Waals surface area contributed by atoms with E-state index in [0.29, 0.717) is 43.4 Å². The molecule has 126 valence electrons. The van der Waals surface area contributed by atoms with Gasteiger partial charge in [0.2, 0.25) is 5.91 Å². The average molecular weight is 340 g/mol. The number of ether oxygens (including phenoxy) is 1. The number of halogens is 1. The Labute approximate surface area is 141 Å². The number of carbonyl (C=O) groups excluding carboxylic acids is 2. The third kappa shape index (κ3) is 5.32. The SMILES string of the molecule is CC[C@H](CNC(=O)N1CCNC(=O)CC1)Oc1ccccc1Cl. The summed E-state index contributed by atoms with van der Waals surface area (Å²) in [6.45, 7) is 3.81. The van der Waals surface area contributed by atoms with Crippen LogP contribution < -0.4 is 15.4 Å². The fourth-order valence-corrected chi connectivity index (χ4v) is 2.45. The van der Waals surface area contributed by atoms with Crippen LogP contribution in [-0.2, 0) is 4.79 Å². The summed E-state index contributed by atoms with van der Waals surface area (Å²) in [7, 11) is 0. The maximum Gasteiger partial charge on any atom is 0.317 e. The largest absolute Gasteiger partial charge is 0.487 e. The topological polar surface area (TPSA) is 70.7 Å². The number of benzene rings is 1. The molecule has 2 rings (SSSR count). The van der Waals surface area contributed by atoms with Crippen LogP contribution in [-0.4, -0.2) is 49.1 Å². The molecule has 1 saturated heterocycles. The van der Waals surface area contributed by atoms with Gasteiger partial charge in [-0.25, -0.2) is 4.79 Å². The van der Waals surface area contributed by atoms with E-state index in [0.717, 1.165) is 6.42 Å². The molecule has 6 nitrogen and oxygen atoms in total. The van der Waals surface area contributed by atoms with E-state index in [9.17, 15) is 9.59 Å². The lowest BCUT2D eigenvalue weighted by atomic mass is 10.2. The van der Waals surface area contributed by atoms with Crippen LogP contribution in [0.25, 0.3) is 0 Å². The highest BCUT2D eigenvalue weighted by Gasteiger charge is 2.19. The highest BCUT2D eigenvalue weighted by Crippen LogP contribution is 2.24. The van der Waals surface area contributed by atoms with Crippen molar-refractivity contribution in [2.75, 3.05) is 26.2 Å². The van der Waals surface area contributed by atoms with Gasteiger partial charge in [0, 0.05) is 26.1 Å². The predicted octanol–water partition coefficient (Wildman–Crippen LogP) is 2.03. The monoisotopic (exact) mass is 339 g/mol. The van der Waals surface area contributed by atoms with Gasteiger partial charge >= 0.3 is 6.03 Å². The number of amides is 3. The van der Waals surface area contributed by atoms with Gasteiger partial charge in [-0.15, -0.1) is 0 Å². The van der Waals surface area contributed by atoms with Gasteiger partial charge in [-0.3, -0.25) is 4.79 Å². The number of urea groups is 1. The van der Waals surface area contributed by atoms with Crippen LogP contribution in [0.2, 0.25) is 5.02 Å². The third-order valence-electron chi connectivity index (χ3n) is 3.67. The molecule has 1 aliphatic rings. The smallest absolute Gasteiger partial charge is 0.317 e. The van der Waals surface area contributed by atoms with E-state index >= 15 is 0 Å². The van der Waals surface area contributed by atoms with Crippen LogP contribution in [0.5, 0.6) is 5.75 Å². The maximum atomic E-state index is 12.2. The Bertz CT molecular complexity index is 553. The molecule has 0 aliphatic carbocycles. The second-order valence-electron chi connectivity index (χ2n) is 5.35. The van der Waals surface area contributed by atoms with Crippen molar-refractivity contribution in [3.8, 4) is 5.75 Å². The van der Waals surface area contributed by atoms with E-state index in [4.69, 9.17) is 16.3 Å². The van der Waals surface area contributed by atoms with Crippen LogP contribution in [0.3, 0.4) is 0 Å². The quantitative estimate of drug-likeness (QED) is 0.862. The minimum absolute atomic E-state index is 0.0196. The van der Waals surface area contributed by atoms with Crippen LogP contribution in [0.15, 0.2) is 24.3 Å². The molecule has 1 aromatic carbocycles. The molecule has 0 unspecified atom stereocenters. The van der Waals surface area contributed by atoms with Crippen molar-refractivity contribution in [3.63, 3.8) is 0 Å². The first-order chi connectivity index (χ1) is 11.1. The first kappa shape index (κ1) is 17.4. The van der Waals surface area contributed by atoms with Gasteiger partial charge < -0.3 is 20.3 Å². The first-order valence-corrected chi connectivity index (χ1v) is 8.18. The highest BCUT2D eigenvalue weighted by atomic mass is 35.5. The normalized spacial score (nSPS) is 16.3. The molecule has 7 heteroatoms. The van der Waals surface area contributed by atoms with Crippen molar-refractivity contribution in [2.45, 2.75) is 25.9 Å². The molecular formula is C16H22ClN3O3. The van der Waals surface area contributed by atoms with Gasteiger partial charge in [0.25, 0.3) is 0 Å². The molecule has 1 heterocycles. The van der Waals surface area contributed by atoms with Gasteiger partial charge in [-0.2, -0.15) is 0 Å². The van der Waals surface area contributed by atoms with Crippen molar-refractivity contribution in [1.29, 1.82) is 0 Å². The minimum atomic E-state index is -0.178. The summed E-state index contributed by atoms with van der Waals surface area (Å²) in [5, 5.41) is 6.16. The molecule has 1 aliphatic heterocycles. The van der Waals surface area contributed by atoms with E-state index in [1.165, 1.54) is 0 Å². The molecule has 0 aromatic heterocycles.